The van der Waals surface area contributed by atoms with Crippen molar-refractivity contribution in [1.82, 2.24) is 0 Å². The van der Waals surface area contributed by atoms with Gasteiger partial charge in [-0.3, -0.25) is 0 Å². The van der Waals surface area contributed by atoms with Crippen molar-refractivity contribution >= 4 is 6.08 Å². The second-order valence-electron chi connectivity index (χ2n) is 5.04. The summed E-state index contributed by atoms with van der Waals surface area (Å²) in [5, 5.41) is 10.2. The Labute approximate surface area is 100 Å². The number of piperidine rings is 3. The van der Waals surface area contributed by atoms with Crippen LogP contribution in [0.15, 0.2) is 30.0 Å². The van der Waals surface area contributed by atoms with Crippen molar-refractivity contribution in [3.63, 3.8) is 0 Å². The first-order valence-corrected chi connectivity index (χ1v) is 6.24. The first-order chi connectivity index (χ1) is 8.24. The Bertz CT molecular complexity index is 428. The average Bonchev–Trinajstić information content (AvgIpc) is 2.37. The van der Waals surface area contributed by atoms with Crippen molar-refractivity contribution in [2.24, 2.45) is 5.92 Å². The molecule has 2 N–H and O–H groups in total. The standard InChI is InChI=1S/C14H16FNO/c15-12-3-1-10(2-4-12)9-13-14(17)11-5-7-16(13)8-6-11/h1-4,9,11,14,17H,5-8H2/p+1/b13-9-/t14-/m0/s1. The maximum atomic E-state index is 12.8. The molecule has 90 valence electrons. The summed E-state index contributed by atoms with van der Waals surface area (Å²) in [7, 11) is 0. The van der Waals surface area contributed by atoms with Crippen LogP contribution in [-0.2, 0) is 0 Å². The molecule has 0 radical (unpaired) electrons. The molecule has 1 aromatic rings. The number of quaternary nitrogens is 1. The molecule has 3 fully saturated rings. The van der Waals surface area contributed by atoms with Crippen LogP contribution in [0.5, 0.6) is 0 Å². The Morgan fingerprint density at radius 1 is 1.18 bits per heavy atom. The summed E-state index contributed by atoms with van der Waals surface area (Å²) in [6.07, 6.45) is 3.96. The molecule has 0 spiro atoms. The second-order valence-corrected chi connectivity index (χ2v) is 5.04. The molecule has 1 aromatic carbocycles. The predicted molar refractivity (Wildman–Crippen MR) is 63.8 cm³/mol. The number of hydrogen-bond donors (Lipinski definition) is 2. The van der Waals surface area contributed by atoms with Gasteiger partial charge in [0.05, 0.1) is 13.1 Å². The van der Waals surface area contributed by atoms with Crippen LogP contribution in [0, 0.1) is 11.7 Å². The molecule has 1 atom stereocenters. The largest absolute Gasteiger partial charge is 0.383 e. The molecule has 0 saturated carbocycles. The van der Waals surface area contributed by atoms with Crippen molar-refractivity contribution in [2.45, 2.75) is 18.9 Å². The quantitative estimate of drug-likeness (QED) is 0.739. The van der Waals surface area contributed by atoms with Crippen LogP contribution >= 0.6 is 0 Å². The van der Waals surface area contributed by atoms with Crippen LogP contribution in [0.25, 0.3) is 6.08 Å². The van der Waals surface area contributed by atoms with E-state index in [4.69, 9.17) is 0 Å². The van der Waals surface area contributed by atoms with E-state index in [0.29, 0.717) is 5.92 Å². The maximum Gasteiger partial charge on any atom is 0.137 e. The zero-order valence-electron chi connectivity index (χ0n) is 9.70. The van der Waals surface area contributed by atoms with E-state index in [1.54, 1.807) is 12.1 Å². The highest BCUT2D eigenvalue weighted by Gasteiger charge is 2.40. The van der Waals surface area contributed by atoms with Crippen molar-refractivity contribution in [2.75, 3.05) is 13.1 Å². The Morgan fingerprint density at radius 2 is 1.82 bits per heavy atom. The van der Waals surface area contributed by atoms with Crippen LogP contribution in [0.3, 0.4) is 0 Å². The first-order valence-electron chi connectivity index (χ1n) is 6.24. The molecular weight excluding hydrogens is 217 g/mol. The van der Waals surface area contributed by atoms with E-state index in [-0.39, 0.29) is 11.9 Å². The topological polar surface area (TPSA) is 24.7 Å². The number of benzene rings is 1. The minimum atomic E-state index is -0.308. The van der Waals surface area contributed by atoms with Gasteiger partial charge in [-0.25, -0.2) is 4.39 Å². The van der Waals surface area contributed by atoms with Gasteiger partial charge in [0, 0.05) is 24.8 Å². The maximum absolute atomic E-state index is 12.8. The lowest BCUT2D eigenvalue weighted by Gasteiger charge is -2.41. The summed E-state index contributed by atoms with van der Waals surface area (Å²) in [5.74, 6) is 0.213. The van der Waals surface area contributed by atoms with Gasteiger partial charge >= 0.3 is 0 Å². The van der Waals surface area contributed by atoms with Crippen molar-refractivity contribution in [1.29, 1.82) is 0 Å². The van der Waals surface area contributed by atoms with Crippen LogP contribution < -0.4 is 4.90 Å². The molecule has 0 unspecified atom stereocenters. The van der Waals surface area contributed by atoms with Gasteiger partial charge in [-0.1, -0.05) is 12.1 Å². The monoisotopic (exact) mass is 234 g/mol. The number of nitrogens with one attached hydrogen (secondary N) is 1. The highest BCUT2D eigenvalue weighted by Crippen LogP contribution is 2.25. The van der Waals surface area contributed by atoms with E-state index >= 15 is 0 Å². The molecule has 3 heterocycles. The second kappa shape index (κ2) is 4.24. The Balaban J connectivity index is 1.90. The van der Waals surface area contributed by atoms with Crippen molar-refractivity contribution in [3.8, 4) is 0 Å². The number of aliphatic hydroxyl groups is 1. The molecule has 3 heteroatoms. The average molecular weight is 234 g/mol. The molecule has 3 aliphatic heterocycles. The van der Waals surface area contributed by atoms with E-state index in [9.17, 15) is 9.50 Å². The van der Waals surface area contributed by atoms with Gasteiger partial charge in [0.2, 0.25) is 0 Å². The molecule has 0 aliphatic carbocycles. The van der Waals surface area contributed by atoms with E-state index < -0.39 is 0 Å². The van der Waals surface area contributed by atoms with Crippen LogP contribution in [-0.4, -0.2) is 24.3 Å². The van der Waals surface area contributed by atoms with Crippen molar-refractivity contribution < 1.29 is 14.4 Å². The number of rotatable bonds is 1. The molecule has 0 amide bonds. The fourth-order valence-corrected chi connectivity index (χ4v) is 2.98. The number of fused-ring (bicyclic) bond motifs is 3. The molecule has 3 saturated heterocycles. The summed E-state index contributed by atoms with van der Waals surface area (Å²) in [6.45, 7) is 2.24. The minimum absolute atomic E-state index is 0.217. The van der Waals surface area contributed by atoms with Crippen LogP contribution in [0.2, 0.25) is 0 Å². The van der Waals surface area contributed by atoms with Gasteiger partial charge in [0.25, 0.3) is 0 Å². The van der Waals surface area contributed by atoms with Gasteiger partial charge in [-0.05, 0) is 17.7 Å². The summed E-state index contributed by atoms with van der Waals surface area (Å²) in [6, 6.07) is 6.45. The minimum Gasteiger partial charge on any atom is -0.383 e. The van der Waals surface area contributed by atoms with Gasteiger partial charge in [0.1, 0.15) is 17.6 Å². The molecular formula is C14H17FNO+. The lowest BCUT2D eigenvalue weighted by Crippen LogP contribution is -3.14. The zero-order valence-corrected chi connectivity index (χ0v) is 9.70. The lowest BCUT2D eigenvalue weighted by atomic mass is 9.83. The Morgan fingerprint density at radius 3 is 2.41 bits per heavy atom. The van der Waals surface area contributed by atoms with E-state index in [1.165, 1.54) is 17.0 Å². The molecule has 2 bridgehead atoms. The fraction of sp³-hybridized carbons (Fsp3) is 0.429. The molecule has 4 rings (SSSR count). The van der Waals surface area contributed by atoms with E-state index in [0.717, 1.165) is 37.2 Å². The highest BCUT2D eigenvalue weighted by molar-refractivity contribution is 5.52. The normalized spacial score (nSPS) is 34.2. The van der Waals surface area contributed by atoms with E-state index in [1.807, 2.05) is 6.08 Å². The van der Waals surface area contributed by atoms with Gasteiger partial charge in [0.15, 0.2) is 0 Å². The summed E-state index contributed by atoms with van der Waals surface area (Å²) in [4.78, 5) is 1.39. The smallest absolute Gasteiger partial charge is 0.137 e. The Hall–Kier alpha value is -1.19. The molecule has 0 aromatic heterocycles. The Kier molecular flexibility index (Phi) is 2.73. The predicted octanol–water partition coefficient (Wildman–Crippen LogP) is 0.836. The summed E-state index contributed by atoms with van der Waals surface area (Å²) >= 11 is 0. The van der Waals surface area contributed by atoms with Crippen LogP contribution in [0.4, 0.5) is 4.39 Å². The molecule has 3 aliphatic rings. The van der Waals surface area contributed by atoms with Crippen LogP contribution in [0.1, 0.15) is 18.4 Å². The highest BCUT2D eigenvalue weighted by atomic mass is 19.1. The third-order valence-electron chi connectivity index (χ3n) is 4.00. The SMILES string of the molecule is O[C@@H]1/C(=C/c2ccc(F)cc2)[NH+]2CCC1CC2. The molecule has 2 nitrogen and oxygen atoms in total. The molecule has 17 heavy (non-hydrogen) atoms. The number of hydrogen-bond acceptors (Lipinski definition) is 1. The lowest BCUT2D eigenvalue weighted by molar-refractivity contribution is -0.880. The fourth-order valence-electron chi connectivity index (χ4n) is 2.98. The van der Waals surface area contributed by atoms with Gasteiger partial charge in [-0.2, -0.15) is 0 Å². The summed E-state index contributed by atoms with van der Waals surface area (Å²) < 4.78 is 12.8. The number of halogens is 1. The van der Waals surface area contributed by atoms with Crippen molar-refractivity contribution in [3.05, 3.63) is 41.3 Å². The first kappa shape index (κ1) is 10.9. The van der Waals surface area contributed by atoms with Gasteiger partial charge in [-0.15, -0.1) is 0 Å². The summed E-state index contributed by atoms with van der Waals surface area (Å²) in [5.41, 5.74) is 2.06. The van der Waals surface area contributed by atoms with Gasteiger partial charge < -0.3 is 10.0 Å². The number of aliphatic hydroxyl groups excluding tert-OH is 1. The zero-order chi connectivity index (χ0) is 11.8. The third-order valence-corrected chi connectivity index (χ3v) is 4.00. The third kappa shape index (κ3) is 2.01. The van der Waals surface area contributed by atoms with E-state index in [2.05, 4.69) is 0 Å².